The van der Waals surface area contributed by atoms with Crippen LogP contribution < -0.4 is 10.6 Å². The number of anilines is 1. The lowest BCUT2D eigenvalue weighted by molar-refractivity contribution is -0.125. The Bertz CT molecular complexity index is 641. The van der Waals surface area contributed by atoms with Gasteiger partial charge in [-0.15, -0.1) is 0 Å². The highest BCUT2D eigenvalue weighted by Crippen LogP contribution is 2.37. The number of urea groups is 1. The third kappa shape index (κ3) is 1.68. The van der Waals surface area contributed by atoms with E-state index in [0.29, 0.717) is 18.5 Å². The SMILES string of the molecule is CC(=O)Nc1ccc2c(c1)C[C@@]1(C2)C(=O)NC(=O)N1C. The van der Waals surface area contributed by atoms with E-state index in [0.717, 1.165) is 11.1 Å². The molecule has 1 aliphatic carbocycles. The highest BCUT2D eigenvalue weighted by Gasteiger charge is 2.54. The van der Waals surface area contributed by atoms with Crippen molar-refractivity contribution < 1.29 is 14.4 Å². The molecule has 20 heavy (non-hydrogen) atoms. The molecule has 6 nitrogen and oxygen atoms in total. The largest absolute Gasteiger partial charge is 0.326 e. The van der Waals surface area contributed by atoms with Gasteiger partial charge in [0.2, 0.25) is 5.91 Å². The molecule has 1 heterocycles. The Balaban J connectivity index is 1.94. The van der Waals surface area contributed by atoms with Gasteiger partial charge in [-0.3, -0.25) is 14.9 Å². The number of likely N-dealkylation sites (N-methyl/N-ethyl adjacent to an activating group) is 1. The molecule has 2 N–H and O–H groups in total. The summed E-state index contributed by atoms with van der Waals surface area (Å²) in [6.45, 7) is 1.45. The average Bonchev–Trinajstić information content (AvgIpc) is 2.84. The van der Waals surface area contributed by atoms with E-state index in [1.807, 2.05) is 18.2 Å². The summed E-state index contributed by atoms with van der Waals surface area (Å²) < 4.78 is 0. The first-order valence-electron chi connectivity index (χ1n) is 6.41. The minimum Gasteiger partial charge on any atom is -0.326 e. The molecule has 1 aromatic rings. The summed E-state index contributed by atoms with van der Waals surface area (Å²) in [5.74, 6) is -0.383. The number of hydrogen-bond donors (Lipinski definition) is 2. The smallest absolute Gasteiger partial charge is 0.324 e. The number of nitrogens with zero attached hydrogens (tertiary/aromatic N) is 1. The predicted octanol–water partition coefficient (Wildman–Crippen LogP) is 0.664. The van der Waals surface area contributed by atoms with Crippen LogP contribution in [0.2, 0.25) is 0 Å². The number of nitrogens with one attached hydrogen (secondary N) is 2. The lowest BCUT2D eigenvalue weighted by Crippen LogP contribution is -2.48. The van der Waals surface area contributed by atoms with Crippen molar-refractivity contribution in [1.29, 1.82) is 0 Å². The first-order valence-corrected chi connectivity index (χ1v) is 6.41. The number of hydrogen-bond acceptors (Lipinski definition) is 3. The molecule has 1 fully saturated rings. The first-order chi connectivity index (χ1) is 9.42. The molecule has 1 saturated heterocycles. The van der Waals surface area contributed by atoms with E-state index in [9.17, 15) is 14.4 Å². The van der Waals surface area contributed by atoms with Crippen LogP contribution in [-0.2, 0) is 22.4 Å². The molecule has 0 saturated carbocycles. The number of carbonyl (C=O) groups is 3. The second-order valence-corrected chi connectivity index (χ2v) is 5.37. The Labute approximate surface area is 116 Å². The molecule has 4 amide bonds. The number of fused-ring (bicyclic) bond motifs is 1. The summed E-state index contributed by atoms with van der Waals surface area (Å²) >= 11 is 0. The van der Waals surface area contributed by atoms with Gasteiger partial charge in [0, 0.05) is 32.5 Å². The minimum atomic E-state index is -0.811. The number of amides is 4. The zero-order valence-electron chi connectivity index (χ0n) is 11.3. The van der Waals surface area contributed by atoms with Gasteiger partial charge in [0.05, 0.1) is 0 Å². The van der Waals surface area contributed by atoms with Crippen molar-refractivity contribution in [3.05, 3.63) is 29.3 Å². The second-order valence-electron chi connectivity index (χ2n) is 5.37. The molecule has 1 aliphatic heterocycles. The third-order valence-electron chi connectivity index (χ3n) is 4.08. The van der Waals surface area contributed by atoms with Crippen LogP contribution in [0.25, 0.3) is 0 Å². The number of carbonyl (C=O) groups excluding carboxylic acids is 3. The quantitative estimate of drug-likeness (QED) is 0.738. The molecule has 6 heteroatoms. The van der Waals surface area contributed by atoms with Crippen LogP contribution in [0.4, 0.5) is 10.5 Å². The molecule has 1 atom stereocenters. The van der Waals surface area contributed by atoms with E-state index in [2.05, 4.69) is 10.6 Å². The molecule has 1 aromatic carbocycles. The van der Waals surface area contributed by atoms with Crippen molar-refractivity contribution in [2.45, 2.75) is 25.3 Å². The third-order valence-corrected chi connectivity index (χ3v) is 4.08. The van der Waals surface area contributed by atoms with Crippen LogP contribution in [-0.4, -0.2) is 35.3 Å². The maximum Gasteiger partial charge on any atom is 0.324 e. The zero-order valence-corrected chi connectivity index (χ0v) is 11.3. The fourth-order valence-electron chi connectivity index (χ4n) is 2.98. The minimum absolute atomic E-state index is 0.136. The number of rotatable bonds is 1. The van der Waals surface area contributed by atoms with Gasteiger partial charge in [0.1, 0.15) is 5.54 Å². The molecule has 1 spiro atoms. The average molecular weight is 273 g/mol. The van der Waals surface area contributed by atoms with Gasteiger partial charge in [-0.25, -0.2) is 4.79 Å². The van der Waals surface area contributed by atoms with Crippen molar-refractivity contribution >= 4 is 23.5 Å². The lowest BCUT2D eigenvalue weighted by atomic mass is 9.95. The van der Waals surface area contributed by atoms with E-state index in [4.69, 9.17) is 0 Å². The Morgan fingerprint density at radius 2 is 2.00 bits per heavy atom. The van der Waals surface area contributed by atoms with Gasteiger partial charge < -0.3 is 10.2 Å². The lowest BCUT2D eigenvalue weighted by Gasteiger charge is -2.27. The predicted molar refractivity (Wildman–Crippen MR) is 72.2 cm³/mol. The fraction of sp³-hybridized carbons (Fsp3) is 0.357. The summed E-state index contributed by atoms with van der Waals surface area (Å²) in [4.78, 5) is 36.3. The molecular weight excluding hydrogens is 258 g/mol. The monoisotopic (exact) mass is 273 g/mol. The first kappa shape index (κ1) is 12.7. The molecule has 0 unspecified atom stereocenters. The van der Waals surface area contributed by atoms with E-state index in [1.54, 1.807) is 7.05 Å². The van der Waals surface area contributed by atoms with Crippen LogP contribution in [0.15, 0.2) is 18.2 Å². The van der Waals surface area contributed by atoms with Gasteiger partial charge in [-0.05, 0) is 23.3 Å². The van der Waals surface area contributed by atoms with Crippen LogP contribution >= 0.6 is 0 Å². The number of imide groups is 1. The van der Waals surface area contributed by atoms with E-state index < -0.39 is 5.54 Å². The van der Waals surface area contributed by atoms with Gasteiger partial charge in [-0.2, -0.15) is 0 Å². The van der Waals surface area contributed by atoms with Crippen LogP contribution in [0.1, 0.15) is 18.1 Å². The topological polar surface area (TPSA) is 78.5 Å². The van der Waals surface area contributed by atoms with E-state index >= 15 is 0 Å². The summed E-state index contributed by atoms with van der Waals surface area (Å²) in [7, 11) is 1.64. The van der Waals surface area contributed by atoms with Crippen LogP contribution in [0.5, 0.6) is 0 Å². The van der Waals surface area contributed by atoms with Gasteiger partial charge >= 0.3 is 6.03 Å². The molecule has 0 bridgehead atoms. The second kappa shape index (κ2) is 4.06. The normalized spacial score (nSPS) is 24.0. The summed E-state index contributed by atoms with van der Waals surface area (Å²) in [6, 6.07) is 5.23. The Morgan fingerprint density at radius 1 is 1.30 bits per heavy atom. The van der Waals surface area contributed by atoms with E-state index in [1.165, 1.54) is 11.8 Å². The Hall–Kier alpha value is -2.37. The van der Waals surface area contributed by atoms with Gasteiger partial charge in [-0.1, -0.05) is 6.07 Å². The molecule has 0 radical (unpaired) electrons. The molecule has 0 aromatic heterocycles. The van der Waals surface area contributed by atoms with Gasteiger partial charge in [0.15, 0.2) is 0 Å². The van der Waals surface area contributed by atoms with Crippen molar-refractivity contribution in [2.75, 3.05) is 12.4 Å². The molecule has 3 rings (SSSR count). The van der Waals surface area contributed by atoms with Gasteiger partial charge in [0.25, 0.3) is 5.91 Å². The maximum absolute atomic E-state index is 12.1. The molecule has 104 valence electrons. The van der Waals surface area contributed by atoms with E-state index in [-0.39, 0.29) is 17.8 Å². The maximum atomic E-state index is 12.1. The Morgan fingerprint density at radius 3 is 2.60 bits per heavy atom. The summed E-state index contributed by atoms with van der Waals surface area (Å²) in [5, 5.41) is 5.08. The number of benzene rings is 1. The van der Waals surface area contributed by atoms with Crippen molar-refractivity contribution in [3.63, 3.8) is 0 Å². The highest BCUT2D eigenvalue weighted by atomic mass is 16.2. The highest BCUT2D eigenvalue weighted by molar-refractivity contribution is 6.07. The van der Waals surface area contributed by atoms with Crippen LogP contribution in [0, 0.1) is 0 Å². The summed E-state index contributed by atoms with van der Waals surface area (Å²) in [6.07, 6.45) is 0.987. The Kier molecular flexibility index (Phi) is 2.57. The zero-order chi connectivity index (χ0) is 14.5. The van der Waals surface area contributed by atoms with Crippen LogP contribution in [0.3, 0.4) is 0 Å². The van der Waals surface area contributed by atoms with Crippen molar-refractivity contribution in [1.82, 2.24) is 10.2 Å². The fourth-order valence-corrected chi connectivity index (χ4v) is 2.98. The van der Waals surface area contributed by atoms with Crippen molar-refractivity contribution in [3.8, 4) is 0 Å². The standard InChI is InChI=1S/C14H15N3O3/c1-8(18)15-11-4-3-9-6-14(7-10(9)5-11)12(19)16-13(20)17(14)2/h3-5H,6-7H2,1-2H3,(H,15,18)(H,16,19,20)/t14-/m0/s1. The molecular formula is C14H15N3O3. The van der Waals surface area contributed by atoms with Crippen molar-refractivity contribution in [2.24, 2.45) is 0 Å². The molecule has 2 aliphatic rings. The summed E-state index contributed by atoms with van der Waals surface area (Å²) in [5.41, 5.74) is 1.93.